The van der Waals surface area contributed by atoms with E-state index in [0.29, 0.717) is 18.9 Å². The van der Waals surface area contributed by atoms with Gasteiger partial charge in [-0.1, -0.05) is 68.4 Å². The number of hydrogen-bond acceptors (Lipinski definition) is 3. The van der Waals surface area contributed by atoms with Gasteiger partial charge in [-0.2, -0.15) is 0 Å². The van der Waals surface area contributed by atoms with Gasteiger partial charge in [0.05, 0.1) is 13.2 Å². The lowest BCUT2D eigenvalue weighted by atomic mass is 9.85. The number of carbonyl (C=O) groups is 2. The van der Waals surface area contributed by atoms with Crippen LogP contribution in [0.5, 0.6) is 5.75 Å². The van der Waals surface area contributed by atoms with Crippen molar-refractivity contribution < 1.29 is 14.3 Å². The maximum atomic E-state index is 13.9. The van der Waals surface area contributed by atoms with Crippen LogP contribution in [0.4, 0.5) is 0 Å². The Kier molecular flexibility index (Phi) is 5.75. The molecule has 2 amide bonds. The third kappa shape index (κ3) is 3.97. The number of nitrogens with one attached hydrogen (secondary N) is 1. The van der Waals surface area contributed by atoms with Crippen molar-refractivity contribution in [1.82, 2.24) is 14.8 Å². The zero-order valence-electron chi connectivity index (χ0n) is 21.4. The van der Waals surface area contributed by atoms with Gasteiger partial charge in [-0.3, -0.25) is 9.59 Å². The number of H-pyrrole nitrogens is 1. The third-order valence-electron chi connectivity index (χ3n) is 7.79. The molecular weight excluding hydrogens is 462 g/mol. The molecule has 0 saturated carbocycles. The SMILES string of the molecule is COc1ccc(CN2CC(=O)N3C(c4ccc(C(C)C)cc4)c4[nH]c5ccccc5c4C[C@@H]3C2=O)cc1. The average molecular weight is 494 g/mol. The maximum absolute atomic E-state index is 13.9. The molecule has 1 unspecified atom stereocenters. The van der Waals surface area contributed by atoms with E-state index in [0.717, 1.165) is 39.0 Å². The van der Waals surface area contributed by atoms with E-state index in [2.05, 4.69) is 55.2 Å². The fraction of sp³-hybridized carbons (Fsp3) is 0.290. The molecule has 2 aliphatic rings. The quantitative estimate of drug-likeness (QED) is 0.416. The van der Waals surface area contributed by atoms with Crippen LogP contribution in [0.1, 0.15) is 53.8 Å². The summed E-state index contributed by atoms with van der Waals surface area (Å²) in [5.41, 5.74) is 6.42. The second kappa shape index (κ2) is 9.11. The fourth-order valence-corrected chi connectivity index (χ4v) is 5.82. The minimum absolute atomic E-state index is 0.00449. The van der Waals surface area contributed by atoms with Crippen LogP contribution in [-0.2, 0) is 22.6 Å². The topological polar surface area (TPSA) is 65.6 Å². The Hall–Kier alpha value is -4.06. The molecule has 1 fully saturated rings. The zero-order valence-corrected chi connectivity index (χ0v) is 21.4. The second-order valence-electron chi connectivity index (χ2n) is 10.4. The average Bonchev–Trinajstić information content (AvgIpc) is 3.29. The minimum atomic E-state index is -0.541. The molecule has 1 aromatic heterocycles. The smallest absolute Gasteiger partial charge is 0.246 e. The highest BCUT2D eigenvalue weighted by Gasteiger charge is 2.48. The van der Waals surface area contributed by atoms with E-state index in [1.54, 1.807) is 12.0 Å². The van der Waals surface area contributed by atoms with E-state index in [9.17, 15) is 9.59 Å². The molecule has 188 valence electrons. The summed E-state index contributed by atoms with van der Waals surface area (Å²) >= 11 is 0. The van der Waals surface area contributed by atoms with Crippen molar-refractivity contribution in [2.45, 2.75) is 44.8 Å². The maximum Gasteiger partial charge on any atom is 0.246 e. The van der Waals surface area contributed by atoms with Crippen molar-refractivity contribution in [3.63, 3.8) is 0 Å². The first kappa shape index (κ1) is 23.3. The zero-order chi connectivity index (χ0) is 25.7. The number of piperazine rings is 1. The number of para-hydroxylation sites is 1. The van der Waals surface area contributed by atoms with Crippen LogP contribution in [0.2, 0.25) is 0 Å². The molecule has 3 aromatic carbocycles. The molecule has 0 radical (unpaired) electrons. The number of rotatable bonds is 5. The van der Waals surface area contributed by atoms with Gasteiger partial charge in [0.25, 0.3) is 0 Å². The summed E-state index contributed by atoms with van der Waals surface area (Å²) < 4.78 is 5.26. The van der Waals surface area contributed by atoms with Crippen LogP contribution in [0.15, 0.2) is 72.8 Å². The molecule has 2 atom stereocenters. The first-order valence-electron chi connectivity index (χ1n) is 12.9. The Morgan fingerprint density at radius 3 is 2.41 bits per heavy atom. The van der Waals surface area contributed by atoms with Crippen molar-refractivity contribution in [2.75, 3.05) is 13.7 Å². The van der Waals surface area contributed by atoms with E-state index in [1.165, 1.54) is 5.56 Å². The number of hydrogen-bond donors (Lipinski definition) is 1. The van der Waals surface area contributed by atoms with Crippen molar-refractivity contribution in [2.24, 2.45) is 0 Å². The number of methoxy groups -OCH3 is 1. The Balaban J connectivity index is 1.41. The predicted octanol–water partition coefficient (Wildman–Crippen LogP) is 5.19. The highest BCUT2D eigenvalue weighted by atomic mass is 16.5. The lowest BCUT2D eigenvalue weighted by Gasteiger charge is -2.47. The van der Waals surface area contributed by atoms with E-state index in [1.807, 2.05) is 41.3 Å². The third-order valence-corrected chi connectivity index (χ3v) is 7.79. The molecule has 1 N–H and O–H groups in total. The van der Waals surface area contributed by atoms with E-state index < -0.39 is 6.04 Å². The van der Waals surface area contributed by atoms with Gasteiger partial charge in [0.15, 0.2) is 0 Å². The molecule has 6 rings (SSSR count). The number of amides is 2. The molecule has 3 heterocycles. The van der Waals surface area contributed by atoms with Crippen LogP contribution < -0.4 is 4.74 Å². The molecular formula is C31H31N3O3. The lowest BCUT2D eigenvalue weighted by molar-refractivity contribution is -0.159. The van der Waals surface area contributed by atoms with Crippen molar-refractivity contribution in [3.8, 4) is 5.75 Å². The first-order chi connectivity index (χ1) is 17.9. The van der Waals surface area contributed by atoms with Gasteiger partial charge < -0.3 is 19.5 Å². The Labute approximate surface area is 216 Å². The number of nitrogens with zero attached hydrogens (tertiary/aromatic N) is 2. The summed E-state index contributed by atoms with van der Waals surface area (Å²) in [4.78, 5) is 34.8. The summed E-state index contributed by atoms with van der Waals surface area (Å²) in [5.74, 6) is 1.15. The standard InChI is InChI=1S/C31H31N3O3/c1-19(2)21-10-12-22(13-11-21)30-29-25(24-6-4-5-7-26(24)32-29)16-27-31(36)33(18-28(35)34(27)30)17-20-8-14-23(37-3)15-9-20/h4-15,19,27,30,32H,16-18H2,1-3H3/t27-,30?/m1/s1. The lowest BCUT2D eigenvalue weighted by Crippen LogP contribution is -2.62. The van der Waals surface area contributed by atoms with Crippen LogP contribution in [0.3, 0.4) is 0 Å². The van der Waals surface area contributed by atoms with Crippen molar-refractivity contribution in [3.05, 3.63) is 101 Å². The number of benzene rings is 3. The normalized spacial score (nSPS) is 19.4. The van der Waals surface area contributed by atoms with Crippen LogP contribution in [-0.4, -0.2) is 46.3 Å². The van der Waals surface area contributed by atoms with Gasteiger partial charge >= 0.3 is 0 Å². The molecule has 1 saturated heterocycles. The van der Waals surface area contributed by atoms with E-state index >= 15 is 0 Å². The van der Waals surface area contributed by atoms with Gasteiger partial charge in [0, 0.05) is 29.6 Å². The Morgan fingerprint density at radius 1 is 0.973 bits per heavy atom. The molecule has 6 nitrogen and oxygen atoms in total. The highest BCUT2D eigenvalue weighted by molar-refractivity contribution is 5.97. The molecule has 37 heavy (non-hydrogen) atoms. The summed E-state index contributed by atoms with van der Waals surface area (Å²) in [6.07, 6.45) is 0.504. The van der Waals surface area contributed by atoms with Crippen molar-refractivity contribution >= 4 is 22.7 Å². The predicted molar refractivity (Wildman–Crippen MR) is 143 cm³/mol. The summed E-state index contributed by atoms with van der Waals surface area (Å²) in [6.45, 7) is 4.81. The summed E-state index contributed by atoms with van der Waals surface area (Å²) in [5, 5.41) is 1.12. The minimum Gasteiger partial charge on any atom is -0.497 e. The number of carbonyl (C=O) groups excluding carboxylic acids is 2. The van der Waals surface area contributed by atoms with Gasteiger partial charge in [0.1, 0.15) is 18.3 Å². The van der Waals surface area contributed by atoms with Crippen LogP contribution in [0, 0.1) is 0 Å². The fourth-order valence-electron chi connectivity index (χ4n) is 5.82. The number of aromatic nitrogens is 1. The molecule has 0 aliphatic carbocycles. The largest absolute Gasteiger partial charge is 0.497 e. The highest BCUT2D eigenvalue weighted by Crippen LogP contribution is 2.42. The van der Waals surface area contributed by atoms with Gasteiger partial charge in [0.2, 0.25) is 11.8 Å². The monoisotopic (exact) mass is 493 g/mol. The van der Waals surface area contributed by atoms with Gasteiger partial charge in [-0.15, -0.1) is 0 Å². The van der Waals surface area contributed by atoms with E-state index in [4.69, 9.17) is 4.74 Å². The molecule has 6 heteroatoms. The first-order valence-corrected chi connectivity index (χ1v) is 12.9. The molecule has 0 bridgehead atoms. The molecule has 2 aliphatic heterocycles. The van der Waals surface area contributed by atoms with Gasteiger partial charge in [-0.25, -0.2) is 0 Å². The van der Waals surface area contributed by atoms with Crippen LogP contribution >= 0.6 is 0 Å². The number of aromatic amines is 1. The molecule has 4 aromatic rings. The Bertz CT molecular complexity index is 1470. The summed E-state index contributed by atoms with van der Waals surface area (Å²) in [7, 11) is 1.63. The number of ether oxygens (including phenoxy) is 1. The Morgan fingerprint density at radius 2 is 1.70 bits per heavy atom. The van der Waals surface area contributed by atoms with Crippen molar-refractivity contribution in [1.29, 1.82) is 0 Å². The number of fused-ring (bicyclic) bond motifs is 4. The molecule has 0 spiro atoms. The van der Waals surface area contributed by atoms with E-state index in [-0.39, 0.29) is 24.4 Å². The summed E-state index contributed by atoms with van der Waals surface area (Å²) in [6, 6.07) is 23.5. The van der Waals surface area contributed by atoms with Crippen LogP contribution in [0.25, 0.3) is 10.9 Å². The second-order valence-corrected chi connectivity index (χ2v) is 10.4. The van der Waals surface area contributed by atoms with Gasteiger partial charge in [-0.05, 0) is 46.4 Å².